The summed E-state index contributed by atoms with van der Waals surface area (Å²) in [7, 11) is 0. The van der Waals surface area contributed by atoms with E-state index in [2.05, 4.69) is 25.1 Å². The van der Waals surface area contributed by atoms with E-state index in [9.17, 15) is 0 Å². The van der Waals surface area contributed by atoms with Gasteiger partial charge in [0.1, 0.15) is 0 Å². The molecule has 0 N–H and O–H groups in total. The van der Waals surface area contributed by atoms with Crippen molar-refractivity contribution in [2.24, 2.45) is 5.92 Å². The van der Waals surface area contributed by atoms with E-state index in [-0.39, 0.29) is 0 Å². The minimum atomic E-state index is 0.639. The Morgan fingerprint density at radius 2 is 2.00 bits per heavy atom. The Labute approximate surface area is 114 Å². The van der Waals surface area contributed by atoms with Gasteiger partial charge in [-0.3, -0.25) is 0 Å². The van der Waals surface area contributed by atoms with Gasteiger partial charge in [0.25, 0.3) is 0 Å². The van der Waals surface area contributed by atoms with Crippen LogP contribution < -0.4 is 0 Å². The minimum absolute atomic E-state index is 0.639. The maximum Gasteiger partial charge on any atom is 0.0595 e. The van der Waals surface area contributed by atoms with Crippen LogP contribution in [0.25, 0.3) is 0 Å². The lowest BCUT2D eigenvalue weighted by Crippen LogP contribution is -2.12. The first kappa shape index (κ1) is 13.0. The zero-order valence-electron chi connectivity index (χ0n) is 10.1. The van der Waals surface area contributed by atoms with Gasteiger partial charge in [0.05, 0.1) is 10.0 Å². The van der Waals surface area contributed by atoms with E-state index in [1.807, 2.05) is 12.1 Å². The molecule has 0 bridgehead atoms. The Bertz CT molecular complexity index is 409. The van der Waals surface area contributed by atoms with Crippen molar-refractivity contribution in [1.82, 2.24) is 0 Å². The summed E-state index contributed by atoms with van der Waals surface area (Å²) in [5.41, 5.74) is 1.34. The number of benzene rings is 1. The molecule has 0 amide bonds. The summed E-state index contributed by atoms with van der Waals surface area (Å²) in [6.45, 7) is 2.10. The van der Waals surface area contributed by atoms with Gasteiger partial charge in [-0.25, -0.2) is 0 Å². The molecule has 92 valence electrons. The van der Waals surface area contributed by atoms with E-state index in [1.54, 1.807) is 0 Å². The zero-order chi connectivity index (χ0) is 12.3. The standard InChI is InChI=1S/C15H18Cl2/c1-2-4-11-5-3-6-12(9-11)13-7-8-14(16)15(17)10-13/h2,4,7-8,10-12H,3,5-6,9H2,1H3. The lowest BCUT2D eigenvalue weighted by molar-refractivity contribution is 0.372. The highest BCUT2D eigenvalue weighted by Crippen LogP contribution is 2.38. The maximum atomic E-state index is 6.08. The summed E-state index contributed by atoms with van der Waals surface area (Å²) < 4.78 is 0. The third-order valence-corrected chi connectivity index (χ3v) is 4.33. The van der Waals surface area contributed by atoms with E-state index in [4.69, 9.17) is 23.2 Å². The fourth-order valence-corrected chi connectivity index (χ4v) is 3.05. The van der Waals surface area contributed by atoms with Crippen molar-refractivity contribution in [2.45, 2.75) is 38.5 Å². The molecule has 0 saturated heterocycles. The molecule has 2 rings (SSSR count). The first-order chi connectivity index (χ1) is 8.20. The Kier molecular flexibility index (Phi) is 4.53. The monoisotopic (exact) mass is 268 g/mol. The highest BCUT2D eigenvalue weighted by atomic mass is 35.5. The van der Waals surface area contributed by atoms with E-state index < -0.39 is 0 Å². The van der Waals surface area contributed by atoms with Gasteiger partial charge in [0.15, 0.2) is 0 Å². The molecule has 0 nitrogen and oxygen atoms in total. The maximum absolute atomic E-state index is 6.08. The molecule has 17 heavy (non-hydrogen) atoms. The van der Waals surface area contributed by atoms with E-state index in [0.717, 1.165) is 5.92 Å². The molecular weight excluding hydrogens is 251 g/mol. The summed E-state index contributed by atoms with van der Waals surface area (Å²) in [6, 6.07) is 6.07. The molecule has 0 spiro atoms. The van der Waals surface area contributed by atoms with Crippen molar-refractivity contribution >= 4 is 23.2 Å². The molecule has 1 aromatic carbocycles. The van der Waals surface area contributed by atoms with E-state index in [1.165, 1.54) is 31.2 Å². The van der Waals surface area contributed by atoms with Crippen LogP contribution in [0.1, 0.15) is 44.1 Å². The smallest absolute Gasteiger partial charge is 0.0595 e. The number of hydrogen-bond acceptors (Lipinski definition) is 0. The van der Waals surface area contributed by atoms with Crippen molar-refractivity contribution in [3.05, 3.63) is 46.0 Å². The summed E-state index contributed by atoms with van der Waals surface area (Å²) >= 11 is 12.0. The van der Waals surface area contributed by atoms with Gasteiger partial charge in [0.2, 0.25) is 0 Å². The van der Waals surface area contributed by atoms with Crippen LogP contribution in [0.3, 0.4) is 0 Å². The zero-order valence-corrected chi connectivity index (χ0v) is 11.6. The topological polar surface area (TPSA) is 0 Å². The van der Waals surface area contributed by atoms with Crippen LogP contribution in [0.4, 0.5) is 0 Å². The Morgan fingerprint density at radius 3 is 2.71 bits per heavy atom. The number of allylic oxidation sites excluding steroid dienone is 2. The molecule has 2 unspecified atom stereocenters. The Balaban J connectivity index is 2.13. The number of halogens is 2. The molecule has 2 atom stereocenters. The molecule has 2 heteroatoms. The molecule has 0 radical (unpaired) electrons. The van der Waals surface area contributed by atoms with Crippen molar-refractivity contribution < 1.29 is 0 Å². The van der Waals surface area contributed by atoms with Crippen molar-refractivity contribution in [1.29, 1.82) is 0 Å². The van der Waals surface area contributed by atoms with Crippen LogP contribution in [-0.2, 0) is 0 Å². The average Bonchev–Trinajstić information content (AvgIpc) is 2.33. The first-order valence-corrected chi connectivity index (χ1v) is 7.04. The SMILES string of the molecule is CC=CC1CCCC(c2ccc(Cl)c(Cl)c2)C1. The van der Waals surface area contributed by atoms with Crippen LogP contribution in [-0.4, -0.2) is 0 Å². The highest BCUT2D eigenvalue weighted by Gasteiger charge is 2.21. The average molecular weight is 269 g/mol. The lowest BCUT2D eigenvalue weighted by Gasteiger charge is -2.27. The van der Waals surface area contributed by atoms with Crippen molar-refractivity contribution in [3.8, 4) is 0 Å². The van der Waals surface area contributed by atoms with Crippen LogP contribution in [0, 0.1) is 5.92 Å². The minimum Gasteiger partial charge on any atom is -0.0914 e. The molecule has 1 aliphatic rings. The summed E-state index contributed by atoms with van der Waals surface area (Å²) in [5.74, 6) is 1.37. The molecule has 1 fully saturated rings. The van der Waals surface area contributed by atoms with Gasteiger partial charge >= 0.3 is 0 Å². The fourth-order valence-electron chi connectivity index (χ4n) is 2.74. The summed E-state index contributed by atoms with van der Waals surface area (Å²) in [4.78, 5) is 0. The molecular formula is C15H18Cl2. The van der Waals surface area contributed by atoms with Gasteiger partial charge in [-0.15, -0.1) is 0 Å². The predicted octanol–water partition coefficient (Wildman–Crippen LogP) is 5.84. The fraction of sp³-hybridized carbons (Fsp3) is 0.467. The molecule has 0 aliphatic heterocycles. The van der Waals surface area contributed by atoms with Gasteiger partial charge in [-0.1, -0.05) is 47.8 Å². The third kappa shape index (κ3) is 3.26. The second-order valence-electron chi connectivity index (χ2n) is 4.82. The predicted molar refractivity (Wildman–Crippen MR) is 76.0 cm³/mol. The lowest BCUT2D eigenvalue weighted by atomic mass is 9.78. The van der Waals surface area contributed by atoms with Crippen LogP contribution in [0.15, 0.2) is 30.4 Å². The van der Waals surface area contributed by atoms with Gasteiger partial charge in [-0.2, -0.15) is 0 Å². The third-order valence-electron chi connectivity index (χ3n) is 3.59. The van der Waals surface area contributed by atoms with Crippen molar-refractivity contribution in [2.75, 3.05) is 0 Å². The van der Waals surface area contributed by atoms with Crippen LogP contribution >= 0.6 is 23.2 Å². The molecule has 1 aromatic rings. The molecule has 1 aliphatic carbocycles. The quantitative estimate of drug-likeness (QED) is 0.591. The first-order valence-electron chi connectivity index (χ1n) is 6.28. The van der Waals surface area contributed by atoms with Crippen molar-refractivity contribution in [3.63, 3.8) is 0 Å². The molecule has 0 aromatic heterocycles. The van der Waals surface area contributed by atoms with Gasteiger partial charge in [-0.05, 0) is 55.7 Å². The molecule has 1 saturated carbocycles. The molecule has 0 heterocycles. The number of rotatable bonds is 2. The second-order valence-corrected chi connectivity index (χ2v) is 5.64. The largest absolute Gasteiger partial charge is 0.0914 e. The van der Waals surface area contributed by atoms with Gasteiger partial charge in [0, 0.05) is 0 Å². The normalized spacial score (nSPS) is 25.4. The second kappa shape index (κ2) is 5.93. The van der Waals surface area contributed by atoms with E-state index >= 15 is 0 Å². The summed E-state index contributed by atoms with van der Waals surface area (Å²) in [6.07, 6.45) is 9.64. The highest BCUT2D eigenvalue weighted by molar-refractivity contribution is 6.42. The Morgan fingerprint density at radius 1 is 1.18 bits per heavy atom. The summed E-state index contributed by atoms with van der Waals surface area (Å²) in [5, 5.41) is 1.33. The van der Waals surface area contributed by atoms with Crippen LogP contribution in [0.2, 0.25) is 10.0 Å². The Hall–Kier alpha value is -0.460. The van der Waals surface area contributed by atoms with Gasteiger partial charge < -0.3 is 0 Å². The van der Waals surface area contributed by atoms with Crippen LogP contribution in [0.5, 0.6) is 0 Å². The van der Waals surface area contributed by atoms with E-state index in [0.29, 0.717) is 16.0 Å². The number of hydrogen-bond donors (Lipinski definition) is 0.